The molecule has 1 unspecified atom stereocenters. The van der Waals surface area contributed by atoms with Crippen LogP contribution in [0.4, 0.5) is 0 Å². The van der Waals surface area contributed by atoms with Gasteiger partial charge >= 0.3 is 0 Å². The zero-order valence-electron chi connectivity index (χ0n) is 12.5. The van der Waals surface area contributed by atoms with Gasteiger partial charge in [-0.15, -0.1) is 0 Å². The highest BCUT2D eigenvalue weighted by Crippen LogP contribution is 2.32. The first kappa shape index (κ1) is 14.4. The molecule has 0 amide bonds. The first-order chi connectivity index (χ1) is 9.24. The summed E-state index contributed by atoms with van der Waals surface area (Å²) in [6.07, 6.45) is 8.37. The molecule has 1 aromatic carbocycles. The van der Waals surface area contributed by atoms with Gasteiger partial charge in [-0.2, -0.15) is 0 Å². The van der Waals surface area contributed by atoms with Gasteiger partial charge in [-0.25, -0.2) is 0 Å². The van der Waals surface area contributed by atoms with Gasteiger partial charge in [0.15, 0.2) is 0 Å². The number of rotatable bonds is 6. The second kappa shape index (κ2) is 6.95. The molecule has 0 aromatic heterocycles. The molecule has 1 fully saturated rings. The second-order valence-electron chi connectivity index (χ2n) is 5.80. The van der Waals surface area contributed by atoms with Crippen molar-refractivity contribution in [3.63, 3.8) is 0 Å². The highest BCUT2D eigenvalue weighted by Gasteiger charge is 2.18. The van der Waals surface area contributed by atoms with Crippen molar-refractivity contribution < 1.29 is 4.74 Å². The van der Waals surface area contributed by atoms with Crippen molar-refractivity contribution in [1.29, 1.82) is 0 Å². The van der Waals surface area contributed by atoms with E-state index < -0.39 is 0 Å². The molecule has 2 rings (SSSR count). The zero-order chi connectivity index (χ0) is 13.7. The molecule has 0 bridgehead atoms. The molecule has 0 saturated heterocycles. The molecule has 106 valence electrons. The van der Waals surface area contributed by atoms with Crippen molar-refractivity contribution in [2.24, 2.45) is 5.92 Å². The minimum atomic E-state index is 0.477. The minimum Gasteiger partial charge on any atom is -0.496 e. The Labute approximate surface area is 117 Å². The lowest BCUT2D eigenvalue weighted by Crippen LogP contribution is -2.17. The number of benzene rings is 1. The lowest BCUT2D eigenvalue weighted by atomic mass is 9.94. The monoisotopic (exact) mass is 261 g/mol. The molecule has 1 N–H and O–H groups in total. The third kappa shape index (κ3) is 3.73. The van der Waals surface area contributed by atoms with E-state index in [9.17, 15) is 0 Å². The molecule has 1 aliphatic carbocycles. The molecule has 0 heterocycles. The lowest BCUT2D eigenvalue weighted by Gasteiger charge is -2.20. The van der Waals surface area contributed by atoms with E-state index in [1.807, 2.05) is 0 Å². The van der Waals surface area contributed by atoms with Crippen LogP contribution in [-0.2, 0) is 0 Å². The third-order valence-electron chi connectivity index (χ3n) is 4.51. The van der Waals surface area contributed by atoms with E-state index in [4.69, 9.17) is 4.74 Å². The second-order valence-corrected chi connectivity index (χ2v) is 5.80. The number of hydrogen-bond donors (Lipinski definition) is 1. The molecular weight excluding hydrogens is 234 g/mol. The van der Waals surface area contributed by atoms with Gasteiger partial charge in [0.05, 0.1) is 7.11 Å². The standard InChI is InChI=1S/C17H27NO/c1-13-12-15(9-11-17(13)19-3)16(18-2)10-8-14-6-4-5-7-14/h9,11-12,14,16,18H,4-8,10H2,1-3H3. The van der Waals surface area contributed by atoms with Crippen LogP contribution in [0.1, 0.15) is 55.7 Å². The molecule has 2 heteroatoms. The predicted molar refractivity (Wildman–Crippen MR) is 80.7 cm³/mol. The van der Waals surface area contributed by atoms with Gasteiger partial charge in [-0.3, -0.25) is 0 Å². The molecule has 2 nitrogen and oxygen atoms in total. The fourth-order valence-electron chi connectivity index (χ4n) is 3.30. The van der Waals surface area contributed by atoms with Gasteiger partial charge in [0.2, 0.25) is 0 Å². The molecule has 0 radical (unpaired) electrons. The van der Waals surface area contributed by atoms with Gasteiger partial charge in [0.25, 0.3) is 0 Å². The first-order valence-corrected chi connectivity index (χ1v) is 7.56. The summed E-state index contributed by atoms with van der Waals surface area (Å²) in [5.41, 5.74) is 2.61. The Morgan fingerprint density at radius 3 is 2.63 bits per heavy atom. The number of methoxy groups -OCH3 is 1. The smallest absolute Gasteiger partial charge is 0.121 e. The topological polar surface area (TPSA) is 21.3 Å². The summed E-state index contributed by atoms with van der Waals surface area (Å²) >= 11 is 0. The summed E-state index contributed by atoms with van der Waals surface area (Å²) in [7, 11) is 3.80. The number of hydrogen-bond acceptors (Lipinski definition) is 2. The normalized spacial score (nSPS) is 17.6. The largest absolute Gasteiger partial charge is 0.496 e. The fraction of sp³-hybridized carbons (Fsp3) is 0.647. The Kier molecular flexibility index (Phi) is 5.26. The lowest BCUT2D eigenvalue weighted by molar-refractivity contribution is 0.409. The highest BCUT2D eigenvalue weighted by atomic mass is 16.5. The maximum absolute atomic E-state index is 5.33. The summed E-state index contributed by atoms with van der Waals surface area (Å²) in [4.78, 5) is 0. The SMILES string of the molecule is CNC(CCC1CCCC1)c1ccc(OC)c(C)c1. The highest BCUT2D eigenvalue weighted by molar-refractivity contribution is 5.37. The summed E-state index contributed by atoms with van der Waals surface area (Å²) in [5, 5.41) is 3.47. The van der Waals surface area contributed by atoms with Gasteiger partial charge < -0.3 is 10.1 Å². The van der Waals surface area contributed by atoms with Crippen LogP contribution < -0.4 is 10.1 Å². The Hall–Kier alpha value is -1.02. The van der Waals surface area contributed by atoms with Gasteiger partial charge in [0, 0.05) is 6.04 Å². The molecular formula is C17H27NO. The Morgan fingerprint density at radius 2 is 2.05 bits per heavy atom. The predicted octanol–water partition coefficient (Wildman–Crippen LogP) is 4.23. The van der Waals surface area contributed by atoms with Crippen molar-refractivity contribution >= 4 is 0 Å². The maximum atomic E-state index is 5.33. The summed E-state index contributed by atoms with van der Waals surface area (Å²) < 4.78 is 5.33. The Bertz CT molecular complexity index is 396. The van der Waals surface area contributed by atoms with E-state index in [1.54, 1.807) is 7.11 Å². The van der Waals surface area contributed by atoms with Crippen molar-refractivity contribution in [2.45, 2.75) is 51.5 Å². The van der Waals surface area contributed by atoms with Crippen molar-refractivity contribution in [3.05, 3.63) is 29.3 Å². The molecule has 1 atom stereocenters. The molecule has 0 spiro atoms. The number of aryl methyl sites for hydroxylation is 1. The zero-order valence-corrected chi connectivity index (χ0v) is 12.5. The van der Waals surface area contributed by atoms with Crippen molar-refractivity contribution in [3.8, 4) is 5.75 Å². The first-order valence-electron chi connectivity index (χ1n) is 7.56. The van der Waals surface area contributed by atoms with Crippen LogP contribution in [0.15, 0.2) is 18.2 Å². The molecule has 1 aliphatic rings. The van der Waals surface area contributed by atoms with E-state index in [-0.39, 0.29) is 0 Å². The molecule has 19 heavy (non-hydrogen) atoms. The van der Waals surface area contributed by atoms with Crippen LogP contribution >= 0.6 is 0 Å². The van der Waals surface area contributed by atoms with Crippen LogP contribution in [-0.4, -0.2) is 14.2 Å². The quantitative estimate of drug-likeness (QED) is 0.827. The van der Waals surface area contributed by atoms with E-state index in [0.29, 0.717) is 6.04 Å². The molecule has 1 aromatic rings. The van der Waals surface area contributed by atoms with Crippen molar-refractivity contribution in [2.75, 3.05) is 14.2 Å². The van der Waals surface area contributed by atoms with E-state index >= 15 is 0 Å². The van der Waals surface area contributed by atoms with Gasteiger partial charge in [0.1, 0.15) is 5.75 Å². The van der Waals surface area contributed by atoms with Crippen LogP contribution in [0.3, 0.4) is 0 Å². The third-order valence-corrected chi connectivity index (χ3v) is 4.51. The fourth-order valence-corrected chi connectivity index (χ4v) is 3.30. The molecule has 1 saturated carbocycles. The van der Waals surface area contributed by atoms with Crippen LogP contribution in [0.5, 0.6) is 5.75 Å². The van der Waals surface area contributed by atoms with E-state index in [1.165, 1.54) is 49.7 Å². The minimum absolute atomic E-state index is 0.477. The average Bonchev–Trinajstić information content (AvgIpc) is 2.93. The van der Waals surface area contributed by atoms with Crippen LogP contribution in [0, 0.1) is 12.8 Å². The Balaban J connectivity index is 1.97. The molecule has 0 aliphatic heterocycles. The van der Waals surface area contributed by atoms with Gasteiger partial charge in [-0.1, -0.05) is 37.8 Å². The van der Waals surface area contributed by atoms with E-state index in [2.05, 4.69) is 37.5 Å². The summed E-state index contributed by atoms with van der Waals surface area (Å²) in [6.45, 7) is 2.12. The van der Waals surface area contributed by atoms with E-state index in [0.717, 1.165) is 11.7 Å². The average molecular weight is 261 g/mol. The van der Waals surface area contributed by atoms with Crippen LogP contribution in [0.2, 0.25) is 0 Å². The van der Waals surface area contributed by atoms with Crippen molar-refractivity contribution in [1.82, 2.24) is 5.32 Å². The Morgan fingerprint density at radius 1 is 1.32 bits per heavy atom. The number of ether oxygens (including phenoxy) is 1. The van der Waals surface area contributed by atoms with Crippen LogP contribution in [0.25, 0.3) is 0 Å². The number of nitrogens with one attached hydrogen (secondary N) is 1. The maximum Gasteiger partial charge on any atom is 0.121 e. The summed E-state index contributed by atoms with van der Waals surface area (Å²) in [6, 6.07) is 7.02. The summed E-state index contributed by atoms with van der Waals surface area (Å²) in [5.74, 6) is 1.95. The van der Waals surface area contributed by atoms with Gasteiger partial charge in [-0.05, 0) is 49.9 Å².